The van der Waals surface area contributed by atoms with Crippen LogP contribution in [-0.4, -0.2) is 15.6 Å². The topological polar surface area (TPSA) is 34.9 Å². The van der Waals surface area contributed by atoms with Crippen LogP contribution in [0.4, 0.5) is 0 Å². The van der Waals surface area contributed by atoms with Gasteiger partial charge in [0.1, 0.15) is 5.69 Å². The van der Waals surface area contributed by atoms with Crippen molar-refractivity contribution in [2.75, 3.05) is 0 Å². The molecule has 2 aromatic rings. The van der Waals surface area contributed by atoms with Crippen LogP contribution in [0.3, 0.4) is 0 Å². The fraction of sp³-hybridized carbons (Fsp3) is 0.333. The summed E-state index contributed by atoms with van der Waals surface area (Å²) in [6.45, 7) is 4.00. The Bertz CT molecular complexity index is 525. The minimum Gasteiger partial charge on any atom is -0.287 e. The van der Waals surface area contributed by atoms with Crippen LogP contribution in [0.25, 0.3) is 0 Å². The lowest BCUT2D eigenvalue weighted by molar-refractivity contribution is 0.103. The van der Waals surface area contributed by atoms with Gasteiger partial charge in [0.25, 0.3) is 0 Å². The molecule has 0 saturated carbocycles. The summed E-state index contributed by atoms with van der Waals surface area (Å²) >= 11 is 1.60. The minimum atomic E-state index is 0.0634. The van der Waals surface area contributed by atoms with Gasteiger partial charge in [0.2, 0.25) is 5.78 Å². The minimum absolute atomic E-state index is 0.0634. The molecular formula is C12H14N2OS. The number of nitrogens with zero attached hydrogens (tertiary/aromatic N) is 2. The number of ketones is 1. The van der Waals surface area contributed by atoms with E-state index in [1.807, 2.05) is 38.4 Å². The molecular weight excluding hydrogens is 220 g/mol. The molecule has 2 rings (SSSR count). The first kappa shape index (κ1) is 11.1. The van der Waals surface area contributed by atoms with E-state index in [1.165, 1.54) is 0 Å². The van der Waals surface area contributed by atoms with Crippen molar-refractivity contribution in [3.63, 3.8) is 0 Å². The monoisotopic (exact) mass is 234 g/mol. The Morgan fingerprint density at radius 3 is 2.81 bits per heavy atom. The molecule has 0 amide bonds. The molecule has 3 nitrogen and oxygen atoms in total. The zero-order valence-corrected chi connectivity index (χ0v) is 10.5. The molecule has 2 heterocycles. The average Bonchev–Trinajstić information content (AvgIpc) is 2.83. The highest BCUT2D eigenvalue weighted by atomic mass is 32.1. The Morgan fingerprint density at radius 2 is 2.31 bits per heavy atom. The Labute approximate surface area is 98.7 Å². The lowest BCUT2D eigenvalue weighted by atomic mass is 10.1. The van der Waals surface area contributed by atoms with Crippen LogP contribution in [0.1, 0.15) is 33.5 Å². The Balaban J connectivity index is 2.41. The molecule has 0 aromatic carbocycles. The molecule has 0 unspecified atom stereocenters. The number of hydrogen-bond donors (Lipinski definition) is 0. The van der Waals surface area contributed by atoms with E-state index in [0.717, 1.165) is 22.6 Å². The maximum atomic E-state index is 12.2. The molecule has 0 aliphatic carbocycles. The van der Waals surface area contributed by atoms with E-state index in [4.69, 9.17) is 0 Å². The quantitative estimate of drug-likeness (QED) is 0.765. The molecule has 0 fully saturated rings. The van der Waals surface area contributed by atoms with Gasteiger partial charge in [-0.1, -0.05) is 6.92 Å². The van der Waals surface area contributed by atoms with Gasteiger partial charge in [-0.3, -0.25) is 9.48 Å². The van der Waals surface area contributed by atoms with Crippen molar-refractivity contribution in [3.05, 3.63) is 39.3 Å². The summed E-state index contributed by atoms with van der Waals surface area (Å²) in [5.41, 5.74) is 2.41. The third-order valence-electron chi connectivity index (χ3n) is 2.63. The number of carbonyl (C=O) groups is 1. The number of thiophene rings is 1. The molecule has 0 atom stereocenters. The van der Waals surface area contributed by atoms with E-state index in [9.17, 15) is 4.79 Å². The normalized spacial score (nSPS) is 10.7. The van der Waals surface area contributed by atoms with E-state index >= 15 is 0 Å². The molecule has 16 heavy (non-hydrogen) atoms. The SMILES string of the molecule is CCc1cc(C(=O)c2ccsc2C)n(C)n1. The molecule has 0 bridgehead atoms. The summed E-state index contributed by atoms with van der Waals surface area (Å²) in [5.74, 6) is 0.0634. The number of rotatable bonds is 3. The number of hydrogen-bond acceptors (Lipinski definition) is 3. The number of aromatic nitrogens is 2. The third kappa shape index (κ3) is 1.80. The van der Waals surface area contributed by atoms with Gasteiger partial charge in [0.15, 0.2) is 0 Å². The highest BCUT2D eigenvalue weighted by Crippen LogP contribution is 2.19. The summed E-state index contributed by atoms with van der Waals surface area (Å²) in [7, 11) is 1.81. The second kappa shape index (κ2) is 4.22. The summed E-state index contributed by atoms with van der Waals surface area (Å²) in [5, 5.41) is 6.23. The highest BCUT2D eigenvalue weighted by Gasteiger charge is 2.17. The van der Waals surface area contributed by atoms with Crippen LogP contribution < -0.4 is 0 Å². The number of carbonyl (C=O) groups excluding carboxylic acids is 1. The number of aryl methyl sites for hydroxylation is 3. The van der Waals surface area contributed by atoms with Gasteiger partial charge in [-0.05, 0) is 30.9 Å². The molecule has 0 radical (unpaired) electrons. The van der Waals surface area contributed by atoms with Crippen molar-refractivity contribution in [3.8, 4) is 0 Å². The molecule has 2 aromatic heterocycles. The predicted octanol–water partition coefficient (Wildman–Crippen LogP) is 2.58. The molecule has 4 heteroatoms. The zero-order chi connectivity index (χ0) is 11.7. The van der Waals surface area contributed by atoms with Crippen molar-refractivity contribution < 1.29 is 4.79 Å². The van der Waals surface area contributed by atoms with Gasteiger partial charge in [-0.15, -0.1) is 11.3 Å². The van der Waals surface area contributed by atoms with Crippen molar-refractivity contribution in [2.45, 2.75) is 20.3 Å². The van der Waals surface area contributed by atoms with E-state index in [1.54, 1.807) is 16.0 Å². The summed E-state index contributed by atoms with van der Waals surface area (Å²) in [6.07, 6.45) is 0.851. The molecule has 0 aliphatic heterocycles. The highest BCUT2D eigenvalue weighted by molar-refractivity contribution is 7.10. The molecule has 0 spiro atoms. The van der Waals surface area contributed by atoms with Crippen molar-refractivity contribution in [2.24, 2.45) is 7.05 Å². The Morgan fingerprint density at radius 1 is 1.56 bits per heavy atom. The van der Waals surface area contributed by atoms with Gasteiger partial charge in [-0.25, -0.2) is 0 Å². The van der Waals surface area contributed by atoms with Crippen molar-refractivity contribution >= 4 is 17.1 Å². The average molecular weight is 234 g/mol. The van der Waals surface area contributed by atoms with Crippen LogP contribution in [0.5, 0.6) is 0 Å². The van der Waals surface area contributed by atoms with Crippen molar-refractivity contribution in [1.82, 2.24) is 9.78 Å². The zero-order valence-electron chi connectivity index (χ0n) is 9.65. The second-order valence-corrected chi connectivity index (χ2v) is 4.84. The van der Waals surface area contributed by atoms with Crippen LogP contribution in [0.2, 0.25) is 0 Å². The van der Waals surface area contributed by atoms with E-state index in [-0.39, 0.29) is 5.78 Å². The smallest absolute Gasteiger partial charge is 0.212 e. The third-order valence-corrected chi connectivity index (χ3v) is 3.47. The fourth-order valence-corrected chi connectivity index (χ4v) is 2.37. The Hall–Kier alpha value is -1.42. The van der Waals surface area contributed by atoms with Gasteiger partial charge in [0.05, 0.1) is 5.69 Å². The Kier molecular flexibility index (Phi) is 2.92. The van der Waals surface area contributed by atoms with E-state index < -0.39 is 0 Å². The van der Waals surface area contributed by atoms with Crippen molar-refractivity contribution in [1.29, 1.82) is 0 Å². The molecule has 0 saturated heterocycles. The van der Waals surface area contributed by atoms with Gasteiger partial charge in [0, 0.05) is 17.5 Å². The molecule has 0 N–H and O–H groups in total. The first-order chi connectivity index (χ1) is 7.63. The fourth-order valence-electron chi connectivity index (χ4n) is 1.67. The standard InChI is InChI=1S/C12H14N2OS/c1-4-9-7-11(14(3)13-9)12(15)10-5-6-16-8(10)2/h5-7H,4H2,1-3H3. The molecule has 84 valence electrons. The van der Waals surface area contributed by atoms with Gasteiger partial charge < -0.3 is 0 Å². The summed E-state index contributed by atoms with van der Waals surface area (Å²) < 4.78 is 1.66. The van der Waals surface area contributed by atoms with Crippen LogP contribution in [0, 0.1) is 6.92 Å². The summed E-state index contributed by atoms with van der Waals surface area (Å²) in [6, 6.07) is 3.75. The van der Waals surface area contributed by atoms with Crippen LogP contribution in [0.15, 0.2) is 17.5 Å². The van der Waals surface area contributed by atoms with Crippen LogP contribution in [-0.2, 0) is 13.5 Å². The largest absolute Gasteiger partial charge is 0.287 e. The first-order valence-corrected chi connectivity index (χ1v) is 6.13. The lowest BCUT2D eigenvalue weighted by Gasteiger charge is -1.99. The predicted molar refractivity (Wildman–Crippen MR) is 65.1 cm³/mol. The van der Waals surface area contributed by atoms with E-state index in [2.05, 4.69) is 5.10 Å². The first-order valence-electron chi connectivity index (χ1n) is 5.25. The van der Waals surface area contributed by atoms with Gasteiger partial charge in [-0.2, -0.15) is 5.10 Å². The maximum absolute atomic E-state index is 12.2. The van der Waals surface area contributed by atoms with Gasteiger partial charge >= 0.3 is 0 Å². The van der Waals surface area contributed by atoms with Crippen LogP contribution >= 0.6 is 11.3 Å². The second-order valence-electron chi connectivity index (χ2n) is 3.72. The summed E-state index contributed by atoms with van der Waals surface area (Å²) in [4.78, 5) is 13.3. The maximum Gasteiger partial charge on any atom is 0.212 e. The van der Waals surface area contributed by atoms with E-state index in [0.29, 0.717) is 5.69 Å². The molecule has 0 aliphatic rings. The lowest BCUT2D eigenvalue weighted by Crippen LogP contribution is -2.08.